The molecule has 1 unspecified atom stereocenters. The molecule has 2 aromatic heterocycles. The number of ether oxygens (including phenoxy) is 1. The Morgan fingerprint density at radius 3 is 2.53 bits per heavy atom. The highest BCUT2D eigenvalue weighted by Gasteiger charge is 2.33. The molecule has 2 aromatic carbocycles. The molecule has 0 bridgehead atoms. The second kappa shape index (κ2) is 8.51. The summed E-state index contributed by atoms with van der Waals surface area (Å²) in [6, 6.07) is 15.0. The molecule has 170 valence electrons. The number of hydrogen-bond donors (Lipinski definition) is 1. The third kappa shape index (κ3) is 3.81. The van der Waals surface area contributed by atoms with E-state index in [4.69, 9.17) is 4.74 Å². The Hall–Kier alpha value is -4.40. The standard InChI is InChI=1S/C25H22N6O3/c1-14-4-6-17(7-5-14)20-13-26-29-25(27-20)31-23-22(15(2)30-31)19(12-21(32)28-23)16-8-10-18(11-9-16)24(33)34-3/h4-11,13,19H,12H2,1-3H3,(H,28,32). The zero-order valence-electron chi connectivity index (χ0n) is 18.9. The zero-order valence-corrected chi connectivity index (χ0v) is 18.9. The summed E-state index contributed by atoms with van der Waals surface area (Å²) >= 11 is 0. The Bertz CT molecular complexity index is 1390. The van der Waals surface area contributed by atoms with Crippen LogP contribution in [0.3, 0.4) is 0 Å². The first-order valence-corrected chi connectivity index (χ1v) is 10.8. The van der Waals surface area contributed by atoms with Crippen LogP contribution >= 0.6 is 0 Å². The number of aryl methyl sites for hydroxylation is 2. The van der Waals surface area contributed by atoms with Gasteiger partial charge in [-0.2, -0.15) is 14.9 Å². The number of anilines is 1. The van der Waals surface area contributed by atoms with Crippen molar-refractivity contribution in [1.82, 2.24) is 25.0 Å². The highest BCUT2D eigenvalue weighted by atomic mass is 16.5. The topological polar surface area (TPSA) is 112 Å². The van der Waals surface area contributed by atoms with Crippen LogP contribution in [-0.2, 0) is 9.53 Å². The molecular formula is C25H22N6O3. The summed E-state index contributed by atoms with van der Waals surface area (Å²) < 4.78 is 6.31. The van der Waals surface area contributed by atoms with Gasteiger partial charge in [0, 0.05) is 23.5 Å². The Morgan fingerprint density at radius 2 is 1.82 bits per heavy atom. The van der Waals surface area contributed by atoms with Gasteiger partial charge in [0.05, 0.1) is 30.3 Å². The summed E-state index contributed by atoms with van der Waals surface area (Å²) in [7, 11) is 1.34. The lowest BCUT2D eigenvalue weighted by Crippen LogP contribution is -2.25. The van der Waals surface area contributed by atoms with Gasteiger partial charge in [0.1, 0.15) is 5.82 Å². The highest BCUT2D eigenvalue weighted by molar-refractivity contribution is 5.95. The van der Waals surface area contributed by atoms with Crippen molar-refractivity contribution in [1.29, 1.82) is 0 Å². The van der Waals surface area contributed by atoms with Gasteiger partial charge in [0.25, 0.3) is 5.95 Å². The van der Waals surface area contributed by atoms with E-state index >= 15 is 0 Å². The molecular weight excluding hydrogens is 432 g/mol. The molecule has 4 aromatic rings. The normalized spacial score (nSPS) is 14.9. The van der Waals surface area contributed by atoms with Crippen LogP contribution in [0.5, 0.6) is 0 Å². The van der Waals surface area contributed by atoms with Crippen LogP contribution in [0, 0.1) is 13.8 Å². The van der Waals surface area contributed by atoms with E-state index < -0.39 is 5.97 Å². The number of rotatable bonds is 4. The quantitative estimate of drug-likeness (QED) is 0.469. The molecule has 3 heterocycles. The number of benzene rings is 2. The van der Waals surface area contributed by atoms with Gasteiger partial charge in [0.2, 0.25) is 5.91 Å². The SMILES string of the molecule is COC(=O)c1ccc(C2CC(=O)Nc3c2c(C)nn3-c2nncc(-c3ccc(C)cc3)n2)cc1. The Kier molecular flexibility index (Phi) is 5.37. The number of hydrogen-bond acceptors (Lipinski definition) is 7. The Morgan fingerprint density at radius 1 is 1.09 bits per heavy atom. The number of nitrogens with one attached hydrogen (secondary N) is 1. The van der Waals surface area contributed by atoms with E-state index in [0.29, 0.717) is 17.1 Å². The van der Waals surface area contributed by atoms with E-state index in [1.54, 1.807) is 18.3 Å². The molecule has 1 atom stereocenters. The number of esters is 1. The van der Waals surface area contributed by atoms with Gasteiger partial charge in [-0.15, -0.1) is 5.10 Å². The largest absolute Gasteiger partial charge is 0.465 e. The predicted octanol–water partition coefficient (Wildman–Crippen LogP) is 3.60. The second-order valence-corrected chi connectivity index (χ2v) is 8.19. The number of aromatic nitrogens is 5. The van der Waals surface area contributed by atoms with Crippen LogP contribution in [-0.4, -0.2) is 43.9 Å². The van der Waals surface area contributed by atoms with E-state index in [0.717, 1.165) is 27.9 Å². The first-order chi connectivity index (χ1) is 16.4. The highest BCUT2D eigenvalue weighted by Crippen LogP contribution is 2.40. The Balaban J connectivity index is 1.56. The molecule has 0 saturated heterocycles. The van der Waals surface area contributed by atoms with Crippen LogP contribution in [0.4, 0.5) is 5.82 Å². The predicted molar refractivity (Wildman–Crippen MR) is 125 cm³/mol. The minimum absolute atomic E-state index is 0.140. The lowest BCUT2D eigenvalue weighted by atomic mass is 9.85. The Labute approximate surface area is 195 Å². The van der Waals surface area contributed by atoms with E-state index in [1.165, 1.54) is 11.8 Å². The fourth-order valence-corrected chi connectivity index (χ4v) is 4.19. The number of methoxy groups -OCH3 is 1. The van der Waals surface area contributed by atoms with Crippen molar-refractivity contribution < 1.29 is 14.3 Å². The maximum Gasteiger partial charge on any atom is 0.337 e. The third-order valence-electron chi connectivity index (χ3n) is 5.92. The van der Waals surface area contributed by atoms with Crippen LogP contribution in [0.1, 0.15) is 45.1 Å². The number of amides is 1. The molecule has 1 aliphatic heterocycles. The van der Waals surface area contributed by atoms with Crippen molar-refractivity contribution in [2.24, 2.45) is 0 Å². The van der Waals surface area contributed by atoms with Crippen molar-refractivity contribution in [2.75, 3.05) is 12.4 Å². The zero-order chi connectivity index (χ0) is 23.8. The van der Waals surface area contributed by atoms with Crippen molar-refractivity contribution >= 4 is 17.7 Å². The maximum absolute atomic E-state index is 12.7. The molecule has 9 nitrogen and oxygen atoms in total. The number of carbonyl (C=O) groups excluding carboxylic acids is 2. The summed E-state index contributed by atoms with van der Waals surface area (Å²) in [5.41, 5.74) is 5.70. The van der Waals surface area contributed by atoms with Crippen molar-refractivity contribution in [3.63, 3.8) is 0 Å². The molecule has 0 aliphatic carbocycles. The van der Waals surface area contributed by atoms with Gasteiger partial charge >= 0.3 is 5.97 Å². The summed E-state index contributed by atoms with van der Waals surface area (Å²) in [5, 5.41) is 15.9. The summed E-state index contributed by atoms with van der Waals surface area (Å²) in [5.74, 6) is 0.0228. The molecule has 1 N–H and O–H groups in total. The molecule has 9 heteroatoms. The van der Waals surface area contributed by atoms with Gasteiger partial charge in [-0.25, -0.2) is 9.78 Å². The molecule has 0 saturated carbocycles. The lowest BCUT2D eigenvalue weighted by molar-refractivity contribution is -0.116. The molecule has 1 aliphatic rings. The molecule has 34 heavy (non-hydrogen) atoms. The molecule has 1 amide bonds. The molecule has 0 spiro atoms. The summed E-state index contributed by atoms with van der Waals surface area (Å²) in [6.45, 7) is 3.91. The summed E-state index contributed by atoms with van der Waals surface area (Å²) in [4.78, 5) is 29.1. The van der Waals surface area contributed by atoms with Crippen LogP contribution in [0.25, 0.3) is 17.2 Å². The van der Waals surface area contributed by atoms with E-state index in [-0.39, 0.29) is 24.2 Å². The first-order valence-electron chi connectivity index (χ1n) is 10.8. The van der Waals surface area contributed by atoms with Crippen LogP contribution < -0.4 is 5.32 Å². The van der Waals surface area contributed by atoms with Crippen LogP contribution in [0.15, 0.2) is 54.7 Å². The van der Waals surface area contributed by atoms with E-state index in [2.05, 4.69) is 25.6 Å². The summed E-state index contributed by atoms with van der Waals surface area (Å²) in [6.07, 6.45) is 1.86. The number of carbonyl (C=O) groups is 2. The smallest absolute Gasteiger partial charge is 0.337 e. The monoisotopic (exact) mass is 454 g/mol. The van der Waals surface area contributed by atoms with Gasteiger partial charge < -0.3 is 10.1 Å². The average Bonchev–Trinajstić information content (AvgIpc) is 3.19. The van der Waals surface area contributed by atoms with E-state index in [1.807, 2.05) is 50.2 Å². The van der Waals surface area contributed by atoms with Gasteiger partial charge in [-0.05, 0) is 31.5 Å². The van der Waals surface area contributed by atoms with Crippen molar-refractivity contribution in [3.05, 3.63) is 82.7 Å². The average molecular weight is 454 g/mol. The molecule has 5 rings (SSSR count). The minimum Gasteiger partial charge on any atom is -0.465 e. The van der Waals surface area contributed by atoms with Crippen LogP contribution in [0.2, 0.25) is 0 Å². The minimum atomic E-state index is -0.407. The third-order valence-corrected chi connectivity index (χ3v) is 5.92. The van der Waals surface area contributed by atoms with Crippen molar-refractivity contribution in [2.45, 2.75) is 26.2 Å². The van der Waals surface area contributed by atoms with Crippen molar-refractivity contribution in [3.8, 4) is 17.2 Å². The molecule has 0 radical (unpaired) electrons. The van der Waals surface area contributed by atoms with E-state index in [9.17, 15) is 9.59 Å². The fourth-order valence-electron chi connectivity index (χ4n) is 4.19. The molecule has 0 fully saturated rings. The number of fused-ring (bicyclic) bond motifs is 1. The first kappa shape index (κ1) is 21.4. The van der Waals surface area contributed by atoms with Gasteiger partial charge in [-0.1, -0.05) is 42.0 Å². The van der Waals surface area contributed by atoms with Gasteiger partial charge in [-0.3, -0.25) is 4.79 Å². The fraction of sp³-hybridized carbons (Fsp3) is 0.200. The second-order valence-electron chi connectivity index (χ2n) is 8.19. The van der Waals surface area contributed by atoms with Gasteiger partial charge in [0.15, 0.2) is 0 Å². The maximum atomic E-state index is 12.7. The lowest BCUT2D eigenvalue weighted by Gasteiger charge is -2.24. The number of nitrogens with zero attached hydrogens (tertiary/aromatic N) is 5.